The predicted octanol–water partition coefficient (Wildman–Crippen LogP) is 2.99. The summed E-state index contributed by atoms with van der Waals surface area (Å²) in [5.41, 5.74) is 7.15. The number of nitrogens with zero attached hydrogens (tertiary/aromatic N) is 2. The van der Waals surface area contributed by atoms with E-state index in [9.17, 15) is 0 Å². The van der Waals surface area contributed by atoms with Gasteiger partial charge in [-0.05, 0) is 57.5 Å². The van der Waals surface area contributed by atoms with Crippen molar-refractivity contribution in [3.05, 3.63) is 23.8 Å². The van der Waals surface area contributed by atoms with Crippen LogP contribution in [0.15, 0.2) is 23.2 Å². The standard InChI is InChI=1S/C19H32N4O2.HI/c1-19(2,23-10-6-5-7-11-23)14-22-18(20)21-13-15-8-9-16(24-3)17(12-15)25-4;/h8-9,12H,5-7,10-11,13-14H2,1-4H3,(H3,20,21,22);1H. The first-order chi connectivity index (χ1) is 12.0. The number of methoxy groups -OCH3 is 2. The van der Waals surface area contributed by atoms with Crippen LogP contribution in [0, 0.1) is 0 Å². The molecule has 1 heterocycles. The van der Waals surface area contributed by atoms with Crippen molar-refractivity contribution >= 4 is 29.9 Å². The Balaban J connectivity index is 0.00000338. The van der Waals surface area contributed by atoms with E-state index in [4.69, 9.17) is 15.2 Å². The first-order valence-corrected chi connectivity index (χ1v) is 8.96. The average molecular weight is 476 g/mol. The Morgan fingerprint density at radius 1 is 1.15 bits per heavy atom. The molecule has 7 heteroatoms. The van der Waals surface area contributed by atoms with Crippen molar-refractivity contribution < 1.29 is 9.47 Å². The lowest BCUT2D eigenvalue weighted by atomic mass is 9.98. The topological polar surface area (TPSA) is 72.1 Å². The molecule has 0 unspecified atom stereocenters. The molecule has 1 aromatic carbocycles. The van der Waals surface area contributed by atoms with Crippen LogP contribution in [-0.2, 0) is 6.54 Å². The first kappa shape index (κ1) is 22.8. The number of benzene rings is 1. The minimum Gasteiger partial charge on any atom is -0.493 e. The van der Waals surface area contributed by atoms with Crippen LogP contribution in [0.5, 0.6) is 11.5 Å². The van der Waals surface area contributed by atoms with E-state index in [0.29, 0.717) is 24.0 Å². The lowest BCUT2D eigenvalue weighted by molar-refractivity contribution is 0.0983. The Bertz CT molecular complexity index is 587. The van der Waals surface area contributed by atoms with E-state index < -0.39 is 0 Å². The molecule has 3 N–H and O–H groups in total. The molecule has 0 saturated carbocycles. The van der Waals surface area contributed by atoms with Crippen LogP contribution >= 0.6 is 24.0 Å². The largest absolute Gasteiger partial charge is 0.493 e. The first-order valence-electron chi connectivity index (χ1n) is 8.96. The van der Waals surface area contributed by atoms with Crippen molar-refractivity contribution in [3.63, 3.8) is 0 Å². The summed E-state index contributed by atoms with van der Waals surface area (Å²) in [7, 11) is 3.26. The smallest absolute Gasteiger partial charge is 0.188 e. The molecule has 1 aliphatic rings. The van der Waals surface area contributed by atoms with Crippen LogP contribution in [0.25, 0.3) is 0 Å². The van der Waals surface area contributed by atoms with Crippen LogP contribution in [0.1, 0.15) is 38.7 Å². The zero-order chi connectivity index (χ0) is 18.3. The lowest BCUT2D eigenvalue weighted by Gasteiger charge is -2.41. The predicted molar refractivity (Wildman–Crippen MR) is 118 cm³/mol. The molecular weight excluding hydrogens is 443 g/mol. The summed E-state index contributed by atoms with van der Waals surface area (Å²) in [6, 6.07) is 5.77. The van der Waals surface area contributed by atoms with Gasteiger partial charge in [-0.2, -0.15) is 0 Å². The normalized spacial score (nSPS) is 15.9. The van der Waals surface area contributed by atoms with Gasteiger partial charge in [0.1, 0.15) is 0 Å². The Kier molecular flexibility index (Phi) is 9.49. The maximum atomic E-state index is 6.05. The van der Waals surface area contributed by atoms with Gasteiger partial charge in [0.25, 0.3) is 0 Å². The Morgan fingerprint density at radius 2 is 1.81 bits per heavy atom. The molecule has 1 aromatic rings. The van der Waals surface area contributed by atoms with E-state index >= 15 is 0 Å². The second-order valence-corrected chi connectivity index (χ2v) is 7.10. The fourth-order valence-corrected chi connectivity index (χ4v) is 3.13. The summed E-state index contributed by atoms with van der Waals surface area (Å²) < 4.78 is 10.6. The molecule has 0 aliphatic carbocycles. The summed E-state index contributed by atoms with van der Waals surface area (Å²) in [4.78, 5) is 6.97. The second-order valence-electron chi connectivity index (χ2n) is 7.10. The van der Waals surface area contributed by atoms with Crippen molar-refractivity contribution in [1.82, 2.24) is 10.2 Å². The van der Waals surface area contributed by atoms with E-state index in [2.05, 4.69) is 29.1 Å². The summed E-state index contributed by atoms with van der Waals surface area (Å²) in [5, 5.41) is 3.27. The number of likely N-dealkylation sites (tertiary alicyclic amines) is 1. The Morgan fingerprint density at radius 3 is 2.42 bits per heavy atom. The number of aliphatic imine (C=N–C) groups is 1. The van der Waals surface area contributed by atoms with Gasteiger partial charge < -0.3 is 20.5 Å². The van der Waals surface area contributed by atoms with Gasteiger partial charge in [-0.25, -0.2) is 4.99 Å². The zero-order valence-electron chi connectivity index (χ0n) is 16.4. The van der Waals surface area contributed by atoms with Gasteiger partial charge in [0.05, 0.1) is 20.8 Å². The lowest BCUT2D eigenvalue weighted by Crippen LogP contribution is -2.54. The number of piperidine rings is 1. The summed E-state index contributed by atoms with van der Waals surface area (Å²) in [5.74, 6) is 1.89. The van der Waals surface area contributed by atoms with E-state index in [1.807, 2.05) is 18.2 Å². The summed E-state index contributed by atoms with van der Waals surface area (Å²) >= 11 is 0. The highest BCUT2D eigenvalue weighted by molar-refractivity contribution is 14.0. The van der Waals surface area contributed by atoms with Gasteiger partial charge in [0.15, 0.2) is 17.5 Å². The molecular formula is C19H33IN4O2. The highest BCUT2D eigenvalue weighted by atomic mass is 127. The zero-order valence-corrected chi connectivity index (χ0v) is 18.7. The molecule has 0 radical (unpaired) electrons. The van der Waals surface area contributed by atoms with Gasteiger partial charge >= 0.3 is 0 Å². The number of hydrogen-bond donors (Lipinski definition) is 2. The third-order valence-corrected chi connectivity index (χ3v) is 4.79. The molecule has 1 fully saturated rings. The monoisotopic (exact) mass is 476 g/mol. The van der Waals surface area contributed by atoms with Gasteiger partial charge in [-0.3, -0.25) is 4.90 Å². The minimum atomic E-state index is 0. The number of guanidine groups is 1. The molecule has 6 nitrogen and oxygen atoms in total. The van der Waals surface area contributed by atoms with Crippen molar-refractivity contribution in [1.29, 1.82) is 0 Å². The fourth-order valence-electron chi connectivity index (χ4n) is 3.13. The van der Waals surface area contributed by atoms with Crippen LogP contribution < -0.4 is 20.5 Å². The highest BCUT2D eigenvalue weighted by Crippen LogP contribution is 2.27. The molecule has 0 bridgehead atoms. The molecule has 1 saturated heterocycles. The van der Waals surface area contributed by atoms with Gasteiger partial charge in [-0.1, -0.05) is 12.5 Å². The number of hydrogen-bond acceptors (Lipinski definition) is 4. The van der Waals surface area contributed by atoms with Crippen LogP contribution in [0.4, 0.5) is 0 Å². The fraction of sp³-hybridized carbons (Fsp3) is 0.632. The number of ether oxygens (including phenoxy) is 2. The summed E-state index contributed by atoms with van der Waals surface area (Å²) in [6.45, 7) is 8.13. The molecule has 1 aliphatic heterocycles. The third-order valence-electron chi connectivity index (χ3n) is 4.79. The summed E-state index contributed by atoms with van der Waals surface area (Å²) in [6.07, 6.45) is 3.91. The maximum Gasteiger partial charge on any atom is 0.188 e. The third kappa shape index (κ3) is 6.50. The average Bonchev–Trinajstić information content (AvgIpc) is 2.65. The van der Waals surface area contributed by atoms with Crippen LogP contribution in [0.3, 0.4) is 0 Å². The van der Waals surface area contributed by atoms with E-state index in [1.165, 1.54) is 19.3 Å². The van der Waals surface area contributed by atoms with Crippen molar-refractivity contribution in [2.75, 3.05) is 33.9 Å². The Hall–Kier alpha value is -1.22. The van der Waals surface area contributed by atoms with Crippen LogP contribution in [0.2, 0.25) is 0 Å². The van der Waals surface area contributed by atoms with Crippen LogP contribution in [-0.4, -0.2) is 50.3 Å². The van der Waals surface area contributed by atoms with E-state index in [0.717, 1.165) is 25.2 Å². The molecule has 0 spiro atoms. The molecule has 26 heavy (non-hydrogen) atoms. The minimum absolute atomic E-state index is 0. The van der Waals surface area contributed by atoms with Gasteiger partial charge in [-0.15, -0.1) is 24.0 Å². The van der Waals surface area contributed by atoms with Crippen molar-refractivity contribution in [2.45, 2.75) is 45.2 Å². The van der Waals surface area contributed by atoms with Crippen molar-refractivity contribution in [2.24, 2.45) is 10.7 Å². The number of nitrogens with two attached hydrogens (primary N) is 1. The number of halogens is 1. The number of nitrogens with one attached hydrogen (secondary N) is 1. The molecule has 148 valence electrons. The van der Waals surface area contributed by atoms with Gasteiger partial charge in [0, 0.05) is 12.1 Å². The van der Waals surface area contributed by atoms with E-state index in [1.54, 1.807) is 14.2 Å². The number of rotatable bonds is 7. The maximum absolute atomic E-state index is 6.05. The molecule has 0 aromatic heterocycles. The molecule has 0 atom stereocenters. The molecule has 0 amide bonds. The Labute approximate surface area is 174 Å². The highest BCUT2D eigenvalue weighted by Gasteiger charge is 2.27. The van der Waals surface area contributed by atoms with Crippen molar-refractivity contribution in [3.8, 4) is 11.5 Å². The molecule has 2 rings (SSSR count). The van der Waals surface area contributed by atoms with Gasteiger partial charge in [0.2, 0.25) is 0 Å². The quantitative estimate of drug-likeness (QED) is 0.360. The van der Waals surface area contributed by atoms with E-state index in [-0.39, 0.29) is 29.5 Å². The SMILES string of the molecule is COc1ccc(CN=C(N)NCC(C)(C)N2CCCCC2)cc1OC.I. The second kappa shape index (κ2) is 10.8.